The van der Waals surface area contributed by atoms with Gasteiger partial charge in [0.1, 0.15) is 5.75 Å². The molecule has 2 aromatic carbocycles. The molecule has 0 aliphatic carbocycles. The third-order valence-electron chi connectivity index (χ3n) is 4.88. The van der Waals surface area contributed by atoms with Gasteiger partial charge < -0.3 is 9.64 Å². The number of methoxy groups -OCH3 is 1. The normalized spacial score (nSPS) is 15.3. The summed E-state index contributed by atoms with van der Waals surface area (Å²) in [6, 6.07) is 11.2. The van der Waals surface area contributed by atoms with Gasteiger partial charge in [0.05, 0.1) is 17.6 Å². The molecule has 8 heteroatoms. The summed E-state index contributed by atoms with van der Waals surface area (Å²) in [6.45, 7) is 3.50. The van der Waals surface area contributed by atoms with Crippen LogP contribution in [0.2, 0.25) is 0 Å². The molecule has 0 radical (unpaired) electrons. The van der Waals surface area contributed by atoms with Crippen LogP contribution in [0.5, 0.6) is 5.75 Å². The van der Waals surface area contributed by atoms with Gasteiger partial charge in [0.15, 0.2) is 0 Å². The van der Waals surface area contributed by atoms with Gasteiger partial charge in [-0.2, -0.15) is 0 Å². The number of carbonyl (C=O) groups excluding carboxylic acids is 1. The van der Waals surface area contributed by atoms with E-state index in [9.17, 15) is 13.2 Å². The van der Waals surface area contributed by atoms with E-state index < -0.39 is 10.0 Å². The van der Waals surface area contributed by atoms with Crippen LogP contribution >= 0.6 is 15.9 Å². The van der Waals surface area contributed by atoms with E-state index in [1.165, 1.54) is 25.3 Å². The Morgan fingerprint density at radius 1 is 1.14 bits per heavy atom. The molecule has 1 heterocycles. The number of piperidine rings is 1. The molecular formula is C20H23BrN2O4S. The summed E-state index contributed by atoms with van der Waals surface area (Å²) in [6.07, 6.45) is 1.88. The molecule has 0 atom stereocenters. The highest BCUT2D eigenvalue weighted by atomic mass is 79.9. The molecule has 0 saturated carbocycles. The van der Waals surface area contributed by atoms with Crippen LogP contribution in [-0.4, -0.2) is 39.4 Å². The second-order valence-electron chi connectivity index (χ2n) is 6.95. The van der Waals surface area contributed by atoms with Gasteiger partial charge in [-0.15, -0.1) is 0 Å². The van der Waals surface area contributed by atoms with Crippen molar-refractivity contribution in [3.8, 4) is 5.75 Å². The number of sulfonamides is 1. The second kappa shape index (κ2) is 8.53. The molecule has 0 spiro atoms. The van der Waals surface area contributed by atoms with Crippen molar-refractivity contribution in [3.05, 3.63) is 52.5 Å². The number of rotatable bonds is 5. The fourth-order valence-electron chi connectivity index (χ4n) is 3.14. The van der Waals surface area contributed by atoms with Gasteiger partial charge in [-0.05, 0) is 61.2 Å². The zero-order valence-electron chi connectivity index (χ0n) is 15.8. The highest BCUT2D eigenvalue weighted by molar-refractivity contribution is 9.10. The van der Waals surface area contributed by atoms with Crippen LogP contribution in [-0.2, 0) is 10.0 Å². The molecule has 6 nitrogen and oxygen atoms in total. The topological polar surface area (TPSA) is 75.7 Å². The van der Waals surface area contributed by atoms with Gasteiger partial charge in [0.2, 0.25) is 0 Å². The summed E-state index contributed by atoms with van der Waals surface area (Å²) >= 11 is 3.32. The second-order valence-corrected chi connectivity index (χ2v) is 9.55. The Morgan fingerprint density at radius 3 is 2.39 bits per heavy atom. The van der Waals surface area contributed by atoms with Crippen LogP contribution < -0.4 is 9.46 Å². The van der Waals surface area contributed by atoms with Gasteiger partial charge in [-0.1, -0.05) is 22.9 Å². The molecule has 1 N–H and O–H groups in total. The summed E-state index contributed by atoms with van der Waals surface area (Å²) in [4.78, 5) is 14.8. The predicted molar refractivity (Wildman–Crippen MR) is 112 cm³/mol. The van der Waals surface area contributed by atoms with E-state index in [1.54, 1.807) is 29.2 Å². The van der Waals surface area contributed by atoms with Crippen LogP contribution in [0, 0.1) is 5.92 Å². The highest BCUT2D eigenvalue weighted by Crippen LogP contribution is 2.27. The molecular weight excluding hydrogens is 444 g/mol. The maximum Gasteiger partial charge on any atom is 0.261 e. The Balaban J connectivity index is 1.89. The number of halogens is 1. The van der Waals surface area contributed by atoms with Crippen molar-refractivity contribution in [3.63, 3.8) is 0 Å². The van der Waals surface area contributed by atoms with E-state index in [4.69, 9.17) is 4.74 Å². The SMILES string of the molecule is COc1ccc(S(=O)(=O)Nc2ccc(Br)cc2)cc1C(=O)N1CCC(C)CC1. The number of anilines is 1. The quantitative estimate of drug-likeness (QED) is 0.718. The van der Waals surface area contributed by atoms with E-state index in [2.05, 4.69) is 27.6 Å². The molecule has 2 aromatic rings. The van der Waals surface area contributed by atoms with E-state index in [0.717, 1.165) is 17.3 Å². The van der Waals surface area contributed by atoms with E-state index in [0.29, 0.717) is 30.4 Å². The van der Waals surface area contributed by atoms with Crippen LogP contribution in [0.3, 0.4) is 0 Å². The molecule has 3 rings (SSSR count). The highest BCUT2D eigenvalue weighted by Gasteiger charge is 2.26. The van der Waals surface area contributed by atoms with E-state index in [-0.39, 0.29) is 16.4 Å². The average Bonchev–Trinajstić information content (AvgIpc) is 2.69. The molecule has 150 valence electrons. The first kappa shape index (κ1) is 20.7. The summed E-state index contributed by atoms with van der Waals surface area (Å²) in [5, 5.41) is 0. The maximum atomic E-state index is 13.0. The van der Waals surface area contributed by atoms with Crippen molar-refractivity contribution >= 4 is 37.5 Å². The summed E-state index contributed by atoms with van der Waals surface area (Å²) in [7, 11) is -2.37. The Morgan fingerprint density at radius 2 is 1.79 bits per heavy atom. The molecule has 1 saturated heterocycles. The Kier molecular flexibility index (Phi) is 6.30. The maximum absolute atomic E-state index is 13.0. The van der Waals surface area contributed by atoms with Crippen molar-refractivity contribution in [2.24, 2.45) is 5.92 Å². The van der Waals surface area contributed by atoms with Gasteiger partial charge in [0.25, 0.3) is 15.9 Å². The average molecular weight is 467 g/mol. The monoisotopic (exact) mass is 466 g/mol. The summed E-state index contributed by atoms with van der Waals surface area (Å²) in [5.74, 6) is 0.753. The van der Waals surface area contributed by atoms with Crippen molar-refractivity contribution in [1.82, 2.24) is 4.90 Å². The first-order chi connectivity index (χ1) is 13.3. The van der Waals surface area contributed by atoms with E-state index >= 15 is 0 Å². The number of amides is 1. The van der Waals surface area contributed by atoms with Crippen molar-refractivity contribution in [2.45, 2.75) is 24.7 Å². The minimum Gasteiger partial charge on any atom is -0.496 e. The molecule has 28 heavy (non-hydrogen) atoms. The number of hydrogen-bond donors (Lipinski definition) is 1. The van der Waals surface area contributed by atoms with E-state index in [1.807, 2.05) is 0 Å². The molecule has 0 unspecified atom stereocenters. The van der Waals surface area contributed by atoms with Crippen molar-refractivity contribution in [1.29, 1.82) is 0 Å². The minimum atomic E-state index is -3.84. The predicted octanol–water partition coefficient (Wildman–Crippen LogP) is 4.13. The fourth-order valence-corrected chi connectivity index (χ4v) is 4.48. The zero-order valence-corrected chi connectivity index (χ0v) is 18.2. The van der Waals surface area contributed by atoms with Crippen molar-refractivity contribution < 1.29 is 17.9 Å². The standard InChI is InChI=1S/C20H23BrN2O4S/c1-14-9-11-23(12-10-14)20(24)18-13-17(7-8-19(18)27-2)28(25,26)22-16-5-3-15(21)4-6-16/h3-8,13-14,22H,9-12H2,1-2H3. The first-order valence-electron chi connectivity index (χ1n) is 9.06. The lowest BCUT2D eigenvalue weighted by Gasteiger charge is -2.30. The first-order valence-corrected chi connectivity index (χ1v) is 11.3. The Bertz CT molecular complexity index is 953. The molecule has 0 bridgehead atoms. The lowest BCUT2D eigenvalue weighted by Crippen LogP contribution is -2.38. The Labute approximate surface area is 174 Å². The molecule has 0 aromatic heterocycles. The minimum absolute atomic E-state index is 0.0185. The lowest BCUT2D eigenvalue weighted by atomic mass is 9.98. The number of benzene rings is 2. The summed E-state index contributed by atoms with van der Waals surface area (Å²) < 4.78 is 34.3. The lowest BCUT2D eigenvalue weighted by molar-refractivity contribution is 0.0693. The number of carbonyl (C=O) groups is 1. The molecule has 1 amide bonds. The smallest absolute Gasteiger partial charge is 0.261 e. The van der Waals surface area contributed by atoms with Gasteiger partial charge in [0, 0.05) is 23.2 Å². The third-order valence-corrected chi connectivity index (χ3v) is 6.79. The largest absolute Gasteiger partial charge is 0.496 e. The van der Waals surface area contributed by atoms with Gasteiger partial charge in [-0.25, -0.2) is 8.42 Å². The Hall–Kier alpha value is -2.06. The number of likely N-dealkylation sites (tertiary alicyclic amines) is 1. The van der Waals surface area contributed by atoms with Crippen LogP contribution in [0.15, 0.2) is 51.8 Å². The van der Waals surface area contributed by atoms with Crippen LogP contribution in [0.1, 0.15) is 30.1 Å². The van der Waals surface area contributed by atoms with Crippen molar-refractivity contribution in [2.75, 3.05) is 24.9 Å². The van der Waals surface area contributed by atoms with Crippen LogP contribution in [0.4, 0.5) is 5.69 Å². The fraction of sp³-hybridized carbons (Fsp3) is 0.350. The molecule has 1 aliphatic rings. The van der Waals surface area contributed by atoms with Gasteiger partial charge in [-0.3, -0.25) is 9.52 Å². The third kappa shape index (κ3) is 4.67. The molecule has 1 aliphatic heterocycles. The summed E-state index contributed by atoms with van der Waals surface area (Å²) in [5.41, 5.74) is 0.702. The van der Waals surface area contributed by atoms with Gasteiger partial charge >= 0.3 is 0 Å². The number of nitrogens with zero attached hydrogens (tertiary/aromatic N) is 1. The van der Waals surface area contributed by atoms with Crippen LogP contribution in [0.25, 0.3) is 0 Å². The zero-order chi connectivity index (χ0) is 20.3. The number of ether oxygens (including phenoxy) is 1. The molecule has 1 fully saturated rings. The number of hydrogen-bond acceptors (Lipinski definition) is 4. The number of nitrogens with one attached hydrogen (secondary N) is 1.